The van der Waals surface area contributed by atoms with Crippen LogP contribution in [0.5, 0.6) is 0 Å². The molecule has 0 spiro atoms. The summed E-state index contributed by atoms with van der Waals surface area (Å²) >= 11 is 5.97. The first-order chi connectivity index (χ1) is 17.9. The van der Waals surface area contributed by atoms with E-state index in [1.165, 1.54) is 23.3 Å². The number of carbonyl (C=O) groups excluding carboxylic acids is 2. The van der Waals surface area contributed by atoms with E-state index in [4.69, 9.17) is 20.9 Å². The molecule has 6 rings (SSSR count). The Hall–Kier alpha value is -4.47. The van der Waals surface area contributed by atoms with E-state index >= 15 is 0 Å². The molecule has 37 heavy (non-hydrogen) atoms. The second kappa shape index (κ2) is 8.88. The van der Waals surface area contributed by atoms with Crippen molar-refractivity contribution >= 4 is 40.5 Å². The van der Waals surface area contributed by atoms with E-state index in [9.17, 15) is 19.7 Å². The van der Waals surface area contributed by atoms with E-state index in [1.807, 2.05) is 18.2 Å². The van der Waals surface area contributed by atoms with Gasteiger partial charge in [0.15, 0.2) is 6.10 Å². The Kier molecular flexibility index (Phi) is 5.51. The third-order valence-electron chi connectivity index (χ3n) is 6.48. The maximum atomic E-state index is 13.7. The van der Waals surface area contributed by atoms with Gasteiger partial charge in [-0.1, -0.05) is 48.0 Å². The highest BCUT2D eigenvalue weighted by atomic mass is 35.5. The minimum absolute atomic E-state index is 0.212. The Morgan fingerprint density at radius 2 is 1.51 bits per heavy atom. The van der Waals surface area contributed by atoms with E-state index < -0.39 is 34.8 Å². The zero-order valence-electron chi connectivity index (χ0n) is 19.1. The summed E-state index contributed by atoms with van der Waals surface area (Å²) in [6.45, 7) is 0. The fraction of sp³-hybridized carbons (Fsp3) is 0.111. The quantitative estimate of drug-likeness (QED) is 0.194. The molecule has 0 aliphatic carbocycles. The molecule has 2 amide bonds. The Bertz CT molecular complexity index is 1520. The van der Waals surface area contributed by atoms with Gasteiger partial charge < -0.3 is 4.42 Å². The number of para-hydroxylation sites is 2. The van der Waals surface area contributed by atoms with Crippen LogP contribution in [0.15, 0.2) is 95.4 Å². The average Bonchev–Trinajstić information content (AvgIpc) is 3.60. The third-order valence-corrected chi connectivity index (χ3v) is 6.72. The lowest BCUT2D eigenvalue weighted by atomic mass is 9.94. The number of fused-ring (bicyclic) bond motifs is 1. The van der Waals surface area contributed by atoms with Crippen LogP contribution in [-0.4, -0.2) is 22.8 Å². The number of furan rings is 1. The lowest BCUT2D eigenvalue weighted by Gasteiger charge is -2.27. The van der Waals surface area contributed by atoms with Crippen molar-refractivity contribution in [1.29, 1.82) is 0 Å². The highest BCUT2D eigenvalue weighted by Crippen LogP contribution is 2.48. The third kappa shape index (κ3) is 3.76. The fourth-order valence-electron chi connectivity index (χ4n) is 4.85. The van der Waals surface area contributed by atoms with Crippen LogP contribution in [0.1, 0.15) is 11.8 Å². The molecule has 0 N–H and O–H groups in total. The molecule has 3 heterocycles. The zero-order chi connectivity index (χ0) is 25.7. The van der Waals surface area contributed by atoms with Gasteiger partial charge in [-0.3, -0.25) is 24.5 Å². The average molecular weight is 516 g/mol. The summed E-state index contributed by atoms with van der Waals surface area (Å²) in [6.07, 6.45) is -1.06. The number of imide groups is 1. The summed E-state index contributed by atoms with van der Waals surface area (Å²) in [5, 5.41) is 13.4. The van der Waals surface area contributed by atoms with Crippen molar-refractivity contribution < 1.29 is 23.8 Å². The van der Waals surface area contributed by atoms with Crippen LogP contribution in [0.2, 0.25) is 5.02 Å². The van der Waals surface area contributed by atoms with Crippen LogP contribution in [0, 0.1) is 16.0 Å². The molecule has 3 aromatic carbocycles. The van der Waals surface area contributed by atoms with E-state index in [0.717, 1.165) is 4.90 Å². The predicted octanol–water partition coefficient (Wildman–Crippen LogP) is 5.56. The largest absolute Gasteiger partial charge is 0.458 e. The molecule has 0 bridgehead atoms. The SMILES string of the molecule is O=C1[C@@H]2[C@@H](ON(c3ccccc3)[C@H]2c2ccc(-c3ccc(Cl)cc3[N+](=O)[O-])o2)C(=O)N1c1ccccc1. The molecule has 0 saturated carbocycles. The molecule has 4 aromatic rings. The number of carbonyl (C=O) groups is 2. The van der Waals surface area contributed by atoms with Gasteiger partial charge in [-0.25, -0.2) is 9.96 Å². The molecule has 184 valence electrons. The van der Waals surface area contributed by atoms with Crippen LogP contribution < -0.4 is 9.96 Å². The molecule has 10 heteroatoms. The summed E-state index contributed by atoms with van der Waals surface area (Å²) < 4.78 is 6.12. The monoisotopic (exact) mass is 515 g/mol. The van der Waals surface area contributed by atoms with Crippen molar-refractivity contribution in [2.24, 2.45) is 5.92 Å². The Morgan fingerprint density at radius 3 is 2.19 bits per heavy atom. The van der Waals surface area contributed by atoms with E-state index in [0.29, 0.717) is 17.1 Å². The van der Waals surface area contributed by atoms with Gasteiger partial charge in [-0.15, -0.1) is 0 Å². The summed E-state index contributed by atoms with van der Waals surface area (Å²) in [7, 11) is 0. The van der Waals surface area contributed by atoms with Crippen molar-refractivity contribution in [1.82, 2.24) is 0 Å². The lowest BCUT2D eigenvalue weighted by molar-refractivity contribution is -0.384. The minimum Gasteiger partial charge on any atom is -0.458 e. The fourth-order valence-corrected chi connectivity index (χ4v) is 5.02. The first-order valence-electron chi connectivity index (χ1n) is 11.4. The number of halogens is 1. The van der Waals surface area contributed by atoms with E-state index in [-0.39, 0.29) is 22.0 Å². The molecule has 3 atom stereocenters. The van der Waals surface area contributed by atoms with Gasteiger partial charge in [0.25, 0.3) is 11.6 Å². The van der Waals surface area contributed by atoms with Gasteiger partial charge >= 0.3 is 0 Å². The van der Waals surface area contributed by atoms with Crippen molar-refractivity contribution in [3.05, 3.63) is 112 Å². The number of nitrogens with zero attached hydrogens (tertiary/aromatic N) is 3. The Labute approximate surface area is 215 Å². The van der Waals surface area contributed by atoms with Gasteiger partial charge in [-0.2, -0.15) is 0 Å². The number of hydroxylamine groups is 1. The van der Waals surface area contributed by atoms with Gasteiger partial charge in [0, 0.05) is 11.1 Å². The number of rotatable bonds is 5. The van der Waals surface area contributed by atoms with Crippen molar-refractivity contribution in [2.75, 3.05) is 9.96 Å². The standard InChI is InChI=1S/C27H18ClN3O6/c28-16-11-12-19(20(15-16)31(34)35)21-13-14-22(36-21)24-23-25(37-30(24)18-9-5-2-6-10-18)27(33)29(26(23)32)17-7-3-1-4-8-17/h1-15,23-25H/t23-,24-,25+/m0/s1. The van der Waals surface area contributed by atoms with Gasteiger partial charge in [0.1, 0.15) is 23.5 Å². The molecule has 1 aromatic heterocycles. The van der Waals surface area contributed by atoms with Crippen molar-refractivity contribution in [2.45, 2.75) is 12.1 Å². The maximum absolute atomic E-state index is 13.7. The normalized spacial score (nSPS) is 20.9. The summed E-state index contributed by atoms with van der Waals surface area (Å²) in [5.74, 6) is -1.23. The molecule has 2 aliphatic heterocycles. The number of hydrogen-bond donors (Lipinski definition) is 0. The second-order valence-corrected chi connectivity index (χ2v) is 9.06. The molecule has 2 aliphatic rings. The van der Waals surface area contributed by atoms with E-state index in [1.54, 1.807) is 54.6 Å². The second-order valence-electron chi connectivity index (χ2n) is 8.63. The first kappa shape index (κ1) is 23.0. The molecule has 0 radical (unpaired) electrons. The summed E-state index contributed by atoms with van der Waals surface area (Å²) in [6, 6.07) is 24.5. The van der Waals surface area contributed by atoms with Crippen LogP contribution in [0.3, 0.4) is 0 Å². The minimum atomic E-state index is -1.06. The lowest BCUT2D eigenvalue weighted by Crippen LogP contribution is -2.37. The smallest absolute Gasteiger partial charge is 0.281 e. The number of hydrogen-bond acceptors (Lipinski definition) is 7. The number of nitro benzene ring substituents is 1. The van der Waals surface area contributed by atoms with Crippen molar-refractivity contribution in [3.8, 4) is 11.3 Å². The van der Waals surface area contributed by atoms with Crippen molar-refractivity contribution in [3.63, 3.8) is 0 Å². The highest BCUT2D eigenvalue weighted by molar-refractivity contribution is 6.31. The van der Waals surface area contributed by atoms with Crippen LogP contribution >= 0.6 is 11.6 Å². The topological polar surface area (TPSA) is 106 Å². The maximum Gasteiger partial charge on any atom is 0.281 e. The van der Waals surface area contributed by atoms with E-state index in [2.05, 4.69) is 0 Å². The number of anilines is 2. The predicted molar refractivity (Wildman–Crippen MR) is 135 cm³/mol. The number of nitro groups is 1. The zero-order valence-corrected chi connectivity index (χ0v) is 19.8. The molecule has 9 nitrogen and oxygen atoms in total. The van der Waals surface area contributed by atoms with Crippen LogP contribution in [-0.2, 0) is 14.4 Å². The Morgan fingerprint density at radius 1 is 0.838 bits per heavy atom. The van der Waals surface area contributed by atoms with Crippen LogP contribution in [0.4, 0.5) is 17.1 Å². The molecule has 2 fully saturated rings. The summed E-state index contributed by atoms with van der Waals surface area (Å²) in [5.41, 5.74) is 1.11. The van der Waals surface area contributed by atoms with Gasteiger partial charge in [0.05, 0.1) is 21.9 Å². The number of benzene rings is 3. The molecular weight excluding hydrogens is 498 g/mol. The highest BCUT2D eigenvalue weighted by Gasteiger charge is 2.61. The molecule has 2 saturated heterocycles. The first-order valence-corrected chi connectivity index (χ1v) is 11.8. The van der Waals surface area contributed by atoms with Gasteiger partial charge in [-0.05, 0) is 48.5 Å². The molecule has 0 unspecified atom stereocenters. The van der Waals surface area contributed by atoms with Crippen LogP contribution in [0.25, 0.3) is 11.3 Å². The van der Waals surface area contributed by atoms with Gasteiger partial charge in [0.2, 0.25) is 5.91 Å². The Balaban J connectivity index is 1.44. The number of amides is 2. The summed E-state index contributed by atoms with van der Waals surface area (Å²) in [4.78, 5) is 45.4. The molecular formula is C27H18ClN3O6.